The molecule has 0 aliphatic carbocycles. The van der Waals surface area contributed by atoms with Crippen LogP contribution in [0.15, 0.2) is 11.5 Å². The lowest BCUT2D eigenvalue weighted by molar-refractivity contribution is 0.733. The molecule has 0 aromatic rings. The first-order chi connectivity index (χ1) is 4.00. The summed E-state index contributed by atoms with van der Waals surface area (Å²) in [6.45, 7) is 0. The normalized spacial score (nSPS) is 26.0. The third-order valence-corrected chi connectivity index (χ3v) is 2.23. The number of thioether (sulfide) groups is 1. The van der Waals surface area contributed by atoms with Gasteiger partial charge in [0.25, 0.3) is 0 Å². The monoisotopic (exact) mass is 128 g/mol. The van der Waals surface area contributed by atoms with Crippen molar-refractivity contribution in [3.8, 4) is 0 Å². The number of rotatable bonds is 0. The first-order valence-corrected chi connectivity index (χ1v) is 4.31. The Labute approximate surface area is 55.4 Å². The molecular formula is C7H12S. The van der Waals surface area contributed by atoms with Crippen LogP contribution in [0.5, 0.6) is 0 Å². The maximum Gasteiger partial charge on any atom is -0.00261 e. The molecule has 1 rings (SSSR count). The van der Waals surface area contributed by atoms with Crippen LogP contribution >= 0.6 is 11.8 Å². The minimum Gasteiger partial charge on any atom is -0.134 e. The Hall–Kier alpha value is 0.0900. The quantitative estimate of drug-likeness (QED) is 0.483. The molecule has 46 valence electrons. The van der Waals surface area contributed by atoms with E-state index in [1.807, 2.05) is 11.8 Å². The Bertz CT molecular complexity index is 66.5. The summed E-state index contributed by atoms with van der Waals surface area (Å²) in [5.41, 5.74) is 0. The van der Waals surface area contributed by atoms with Crippen molar-refractivity contribution in [3.63, 3.8) is 0 Å². The SMILES string of the molecule is C1=C\SCCCCC/1. The summed E-state index contributed by atoms with van der Waals surface area (Å²) in [6.07, 6.45) is 7.82. The summed E-state index contributed by atoms with van der Waals surface area (Å²) in [6, 6.07) is 0. The van der Waals surface area contributed by atoms with E-state index >= 15 is 0 Å². The van der Waals surface area contributed by atoms with Gasteiger partial charge in [-0.1, -0.05) is 12.5 Å². The van der Waals surface area contributed by atoms with Gasteiger partial charge in [0.1, 0.15) is 0 Å². The van der Waals surface area contributed by atoms with Crippen molar-refractivity contribution < 1.29 is 0 Å². The van der Waals surface area contributed by atoms with Crippen LogP contribution in [0.4, 0.5) is 0 Å². The highest BCUT2D eigenvalue weighted by atomic mass is 32.2. The Kier molecular flexibility index (Phi) is 3.12. The molecule has 0 aromatic heterocycles. The molecule has 0 atom stereocenters. The van der Waals surface area contributed by atoms with Crippen molar-refractivity contribution in [3.05, 3.63) is 11.5 Å². The highest BCUT2D eigenvalue weighted by molar-refractivity contribution is 8.02. The van der Waals surface area contributed by atoms with Gasteiger partial charge in [-0.15, -0.1) is 11.8 Å². The molecule has 0 fully saturated rings. The Morgan fingerprint density at radius 3 is 3.12 bits per heavy atom. The zero-order valence-corrected chi connectivity index (χ0v) is 5.91. The van der Waals surface area contributed by atoms with Crippen molar-refractivity contribution in [1.82, 2.24) is 0 Å². The van der Waals surface area contributed by atoms with Crippen LogP contribution in [0.2, 0.25) is 0 Å². The molecule has 1 heterocycles. The Morgan fingerprint density at radius 1 is 1.12 bits per heavy atom. The summed E-state index contributed by atoms with van der Waals surface area (Å²) < 4.78 is 0. The van der Waals surface area contributed by atoms with E-state index in [4.69, 9.17) is 0 Å². The van der Waals surface area contributed by atoms with Gasteiger partial charge in [-0.2, -0.15) is 0 Å². The highest BCUT2D eigenvalue weighted by Crippen LogP contribution is 2.13. The number of hydrogen-bond acceptors (Lipinski definition) is 1. The molecule has 0 saturated carbocycles. The first kappa shape index (κ1) is 6.21. The molecule has 1 aliphatic heterocycles. The van der Waals surface area contributed by atoms with Crippen molar-refractivity contribution in [2.75, 3.05) is 5.75 Å². The summed E-state index contributed by atoms with van der Waals surface area (Å²) >= 11 is 1.95. The van der Waals surface area contributed by atoms with Crippen LogP contribution in [0.25, 0.3) is 0 Å². The standard InChI is InChI=1S/C7H12S/c1-2-4-6-8-7-5-3-1/h4,6H,1-3,5,7H2/b6-4-. The van der Waals surface area contributed by atoms with Gasteiger partial charge in [-0.3, -0.25) is 0 Å². The van der Waals surface area contributed by atoms with Gasteiger partial charge in [-0.25, -0.2) is 0 Å². The van der Waals surface area contributed by atoms with E-state index < -0.39 is 0 Å². The van der Waals surface area contributed by atoms with Gasteiger partial charge in [0, 0.05) is 0 Å². The molecule has 0 nitrogen and oxygen atoms in total. The van der Waals surface area contributed by atoms with Crippen molar-refractivity contribution >= 4 is 11.8 Å². The lowest BCUT2D eigenvalue weighted by Gasteiger charge is -1.99. The molecule has 0 saturated heterocycles. The van der Waals surface area contributed by atoms with Crippen molar-refractivity contribution in [1.29, 1.82) is 0 Å². The molecule has 0 unspecified atom stereocenters. The second-order valence-electron chi connectivity index (χ2n) is 2.09. The Morgan fingerprint density at radius 2 is 2.12 bits per heavy atom. The summed E-state index contributed by atoms with van der Waals surface area (Å²) in [7, 11) is 0. The zero-order valence-electron chi connectivity index (χ0n) is 5.10. The third kappa shape index (κ3) is 2.41. The van der Waals surface area contributed by atoms with Crippen LogP contribution in [-0.2, 0) is 0 Å². The molecule has 8 heavy (non-hydrogen) atoms. The van der Waals surface area contributed by atoms with E-state index in [9.17, 15) is 0 Å². The van der Waals surface area contributed by atoms with E-state index in [0.29, 0.717) is 0 Å². The van der Waals surface area contributed by atoms with E-state index in [1.54, 1.807) is 0 Å². The number of allylic oxidation sites excluding steroid dienone is 1. The van der Waals surface area contributed by atoms with Gasteiger partial charge < -0.3 is 0 Å². The lowest BCUT2D eigenvalue weighted by atomic mass is 10.2. The van der Waals surface area contributed by atoms with Gasteiger partial charge in [0.05, 0.1) is 0 Å². The van der Waals surface area contributed by atoms with E-state index in [2.05, 4.69) is 11.5 Å². The first-order valence-electron chi connectivity index (χ1n) is 3.27. The summed E-state index contributed by atoms with van der Waals surface area (Å²) in [5.74, 6) is 1.33. The van der Waals surface area contributed by atoms with Gasteiger partial charge in [0.2, 0.25) is 0 Å². The lowest BCUT2D eigenvalue weighted by Crippen LogP contribution is -1.81. The predicted octanol–water partition coefficient (Wildman–Crippen LogP) is 2.81. The summed E-state index contributed by atoms with van der Waals surface area (Å²) in [5, 5.41) is 2.24. The molecule has 1 heteroatoms. The predicted molar refractivity (Wildman–Crippen MR) is 40.1 cm³/mol. The topological polar surface area (TPSA) is 0 Å². The largest absolute Gasteiger partial charge is 0.134 e. The maximum atomic E-state index is 2.28. The van der Waals surface area contributed by atoms with Crippen LogP contribution in [0.1, 0.15) is 25.7 Å². The number of hydrogen-bond donors (Lipinski definition) is 0. The average molecular weight is 128 g/mol. The van der Waals surface area contributed by atoms with E-state index in [0.717, 1.165) is 0 Å². The highest BCUT2D eigenvalue weighted by Gasteiger charge is 1.90. The van der Waals surface area contributed by atoms with Crippen molar-refractivity contribution in [2.24, 2.45) is 0 Å². The van der Waals surface area contributed by atoms with Crippen molar-refractivity contribution in [2.45, 2.75) is 25.7 Å². The second-order valence-corrected chi connectivity index (χ2v) is 3.11. The minimum absolute atomic E-state index is 1.30. The average Bonchev–Trinajstić information content (AvgIpc) is 1.62. The van der Waals surface area contributed by atoms with Gasteiger partial charge in [0.15, 0.2) is 0 Å². The third-order valence-electron chi connectivity index (χ3n) is 1.33. The fourth-order valence-corrected chi connectivity index (χ4v) is 1.61. The van der Waals surface area contributed by atoms with Crippen LogP contribution in [0.3, 0.4) is 0 Å². The van der Waals surface area contributed by atoms with Gasteiger partial charge >= 0.3 is 0 Å². The maximum absolute atomic E-state index is 2.28. The molecule has 0 bridgehead atoms. The molecule has 1 aliphatic rings. The van der Waals surface area contributed by atoms with Crippen LogP contribution in [-0.4, -0.2) is 5.75 Å². The fraction of sp³-hybridized carbons (Fsp3) is 0.714. The van der Waals surface area contributed by atoms with Crippen LogP contribution in [0, 0.1) is 0 Å². The molecule has 0 spiro atoms. The van der Waals surface area contributed by atoms with Gasteiger partial charge in [-0.05, 0) is 30.4 Å². The Balaban J connectivity index is 2.17. The molecule has 0 radical (unpaired) electrons. The van der Waals surface area contributed by atoms with Crippen LogP contribution < -0.4 is 0 Å². The van der Waals surface area contributed by atoms with E-state index in [-0.39, 0.29) is 0 Å². The zero-order chi connectivity index (χ0) is 5.66. The second kappa shape index (κ2) is 4.02. The molecule has 0 N–H and O–H groups in total. The fourth-order valence-electron chi connectivity index (χ4n) is 0.828. The van der Waals surface area contributed by atoms with E-state index in [1.165, 1.54) is 31.4 Å². The molecular weight excluding hydrogens is 116 g/mol. The smallest absolute Gasteiger partial charge is 0.00261 e. The summed E-state index contributed by atoms with van der Waals surface area (Å²) in [4.78, 5) is 0. The molecule has 0 amide bonds. The minimum atomic E-state index is 1.30. The molecule has 0 aromatic carbocycles.